The van der Waals surface area contributed by atoms with Crippen LogP contribution < -0.4 is 0 Å². The predicted molar refractivity (Wildman–Crippen MR) is 54.5 cm³/mol. The Morgan fingerprint density at radius 1 is 1.38 bits per heavy atom. The van der Waals surface area contributed by atoms with E-state index in [-0.39, 0.29) is 12.4 Å². The zero-order chi connectivity index (χ0) is 12.0. The van der Waals surface area contributed by atoms with E-state index >= 15 is 0 Å². The lowest BCUT2D eigenvalue weighted by atomic mass is 10.3. The number of hydrogen-bond donors (Lipinski definition) is 0. The third kappa shape index (κ3) is 3.25. The van der Waals surface area contributed by atoms with Crippen LogP contribution in [-0.4, -0.2) is 37.3 Å². The predicted octanol–water partition coefficient (Wildman–Crippen LogP) is 0.483. The Morgan fingerprint density at radius 3 is 2.62 bits per heavy atom. The molecular weight excluding hydrogens is 212 g/mol. The zero-order valence-corrected chi connectivity index (χ0v) is 9.47. The molecule has 6 nitrogen and oxygen atoms in total. The smallest absolute Gasteiger partial charge is 0.313 e. The van der Waals surface area contributed by atoms with Crippen LogP contribution in [0.25, 0.3) is 0 Å². The lowest BCUT2D eigenvalue weighted by Gasteiger charge is -2.12. The van der Waals surface area contributed by atoms with E-state index in [0.29, 0.717) is 11.5 Å². The molecule has 0 aliphatic carbocycles. The van der Waals surface area contributed by atoms with Crippen LogP contribution in [0.1, 0.15) is 17.8 Å². The molecule has 0 atom stereocenters. The van der Waals surface area contributed by atoms with Gasteiger partial charge < -0.3 is 14.2 Å². The van der Waals surface area contributed by atoms with Gasteiger partial charge in [0, 0.05) is 20.4 Å². The summed E-state index contributed by atoms with van der Waals surface area (Å²) in [5.74, 6) is -0.00742. The summed E-state index contributed by atoms with van der Waals surface area (Å²) in [5.41, 5.74) is 0.568. The molecule has 6 heteroatoms. The van der Waals surface area contributed by atoms with Gasteiger partial charge in [0.1, 0.15) is 12.2 Å². The number of nitrogens with zero attached hydrogens (tertiary/aromatic N) is 2. The van der Waals surface area contributed by atoms with Crippen molar-refractivity contribution in [3.05, 3.63) is 23.8 Å². The number of rotatable bonds is 5. The summed E-state index contributed by atoms with van der Waals surface area (Å²) >= 11 is 0. The number of hydrogen-bond acceptors (Lipinski definition) is 6. The Kier molecular flexibility index (Phi) is 4.81. The molecule has 0 saturated carbocycles. The second-order valence-electron chi connectivity index (χ2n) is 2.95. The Balaban J connectivity index is 2.81. The van der Waals surface area contributed by atoms with Gasteiger partial charge in [0.25, 0.3) is 0 Å². The highest BCUT2D eigenvalue weighted by atomic mass is 16.7. The van der Waals surface area contributed by atoms with Crippen molar-refractivity contribution in [2.24, 2.45) is 0 Å². The molecule has 0 saturated heterocycles. The second kappa shape index (κ2) is 6.14. The van der Waals surface area contributed by atoms with Crippen molar-refractivity contribution in [3.8, 4) is 0 Å². The largest absolute Gasteiger partial charge is 0.469 e. The first kappa shape index (κ1) is 12.5. The van der Waals surface area contributed by atoms with Crippen LogP contribution in [0.4, 0.5) is 0 Å². The molecule has 1 heterocycles. The summed E-state index contributed by atoms with van der Waals surface area (Å²) < 4.78 is 14.6. The molecule has 0 fully saturated rings. The molecule has 0 N–H and O–H groups in total. The zero-order valence-electron chi connectivity index (χ0n) is 9.47. The van der Waals surface area contributed by atoms with Crippen LogP contribution in [0.2, 0.25) is 0 Å². The van der Waals surface area contributed by atoms with Crippen molar-refractivity contribution in [3.63, 3.8) is 0 Å². The summed E-state index contributed by atoms with van der Waals surface area (Å²) in [4.78, 5) is 19.1. The van der Waals surface area contributed by atoms with Crippen LogP contribution in [0.3, 0.4) is 0 Å². The molecular formula is C10H14N2O4. The van der Waals surface area contributed by atoms with Gasteiger partial charge >= 0.3 is 5.97 Å². The van der Waals surface area contributed by atoms with Gasteiger partial charge in [-0.2, -0.15) is 0 Å². The Labute approximate surface area is 93.6 Å². The number of esters is 1. The maximum Gasteiger partial charge on any atom is 0.313 e. The number of carbonyl (C=O) groups is 1. The van der Waals surface area contributed by atoms with Crippen molar-refractivity contribution >= 4 is 5.97 Å². The average Bonchev–Trinajstić information content (AvgIpc) is 2.31. The minimum Gasteiger partial charge on any atom is -0.469 e. The lowest BCUT2D eigenvalue weighted by Crippen LogP contribution is -2.12. The van der Waals surface area contributed by atoms with Gasteiger partial charge in [-0.25, -0.2) is 9.97 Å². The van der Waals surface area contributed by atoms with Crippen LogP contribution in [0, 0.1) is 0 Å². The second-order valence-corrected chi connectivity index (χ2v) is 2.95. The third-order valence-electron chi connectivity index (χ3n) is 1.93. The van der Waals surface area contributed by atoms with Crippen molar-refractivity contribution in [1.82, 2.24) is 9.97 Å². The molecule has 0 radical (unpaired) electrons. The Morgan fingerprint density at radius 2 is 2.06 bits per heavy atom. The summed E-state index contributed by atoms with van der Waals surface area (Å²) in [6.45, 7) is 0. The van der Waals surface area contributed by atoms with Crippen LogP contribution >= 0.6 is 0 Å². The normalized spacial score (nSPS) is 10.5. The first-order chi connectivity index (χ1) is 7.71. The minimum atomic E-state index is -0.556. The van der Waals surface area contributed by atoms with Crippen molar-refractivity contribution in [2.75, 3.05) is 21.3 Å². The van der Waals surface area contributed by atoms with Crippen molar-refractivity contribution in [1.29, 1.82) is 0 Å². The molecule has 0 amide bonds. The van der Waals surface area contributed by atoms with Gasteiger partial charge in [0.2, 0.25) is 6.29 Å². The van der Waals surface area contributed by atoms with Gasteiger partial charge in [-0.1, -0.05) is 0 Å². The molecule has 0 aromatic carbocycles. The van der Waals surface area contributed by atoms with Gasteiger partial charge in [0.05, 0.1) is 12.8 Å². The summed E-state index contributed by atoms with van der Waals surface area (Å²) in [5, 5.41) is 0. The first-order valence-corrected chi connectivity index (χ1v) is 4.65. The topological polar surface area (TPSA) is 70.5 Å². The number of carbonyl (C=O) groups excluding carboxylic acids is 1. The number of methoxy groups -OCH3 is 3. The van der Waals surface area contributed by atoms with Crippen molar-refractivity contribution in [2.45, 2.75) is 12.7 Å². The quantitative estimate of drug-likeness (QED) is 0.537. The van der Waals surface area contributed by atoms with Gasteiger partial charge in [0.15, 0.2) is 0 Å². The fraction of sp³-hybridized carbons (Fsp3) is 0.500. The number of aromatic nitrogens is 2. The van der Waals surface area contributed by atoms with E-state index in [1.165, 1.54) is 21.3 Å². The fourth-order valence-corrected chi connectivity index (χ4v) is 1.17. The standard InChI is InChI=1S/C10H14N2O4/c1-14-9(13)6-8-11-5-4-7(12-8)10(15-2)16-3/h4-5,10H,6H2,1-3H3. The van der Waals surface area contributed by atoms with Crippen LogP contribution in [-0.2, 0) is 25.4 Å². The van der Waals surface area contributed by atoms with E-state index < -0.39 is 6.29 Å². The molecule has 0 aliphatic rings. The van der Waals surface area contributed by atoms with Gasteiger partial charge in [-0.05, 0) is 6.07 Å². The minimum absolute atomic E-state index is 0.0322. The highest BCUT2D eigenvalue weighted by Gasteiger charge is 2.13. The molecule has 1 rings (SSSR count). The molecule has 0 spiro atoms. The van der Waals surface area contributed by atoms with E-state index in [1.807, 2.05) is 0 Å². The van der Waals surface area contributed by atoms with E-state index in [2.05, 4.69) is 14.7 Å². The lowest BCUT2D eigenvalue weighted by molar-refractivity contribution is -0.140. The maximum absolute atomic E-state index is 11.0. The van der Waals surface area contributed by atoms with Crippen LogP contribution in [0.15, 0.2) is 12.3 Å². The van der Waals surface area contributed by atoms with E-state index in [0.717, 1.165) is 0 Å². The Bertz CT molecular complexity index is 352. The van der Waals surface area contributed by atoms with Crippen LogP contribution in [0.5, 0.6) is 0 Å². The molecule has 16 heavy (non-hydrogen) atoms. The summed E-state index contributed by atoms with van der Waals surface area (Å²) in [6, 6.07) is 1.67. The molecule has 0 unspecified atom stereocenters. The third-order valence-corrected chi connectivity index (χ3v) is 1.93. The van der Waals surface area contributed by atoms with Gasteiger partial charge in [-0.3, -0.25) is 4.79 Å². The molecule has 1 aromatic heterocycles. The summed E-state index contributed by atoms with van der Waals surface area (Å²) in [7, 11) is 4.34. The maximum atomic E-state index is 11.0. The molecule has 0 aliphatic heterocycles. The monoisotopic (exact) mass is 226 g/mol. The molecule has 0 bridgehead atoms. The highest BCUT2D eigenvalue weighted by Crippen LogP contribution is 2.13. The fourth-order valence-electron chi connectivity index (χ4n) is 1.17. The van der Waals surface area contributed by atoms with E-state index in [1.54, 1.807) is 12.3 Å². The van der Waals surface area contributed by atoms with Crippen molar-refractivity contribution < 1.29 is 19.0 Å². The van der Waals surface area contributed by atoms with E-state index in [4.69, 9.17) is 9.47 Å². The SMILES string of the molecule is COC(=O)Cc1nccc(C(OC)OC)n1. The molecule has 88 valence electrons. The van der Waals surface area contributed by atoms with Gasteiger partial charge in [-0.15, -0.1) is 0 Å². The first-order valence-electron chi connectivity index (χ1n) is 4.65. The summed E-state index contributed by atoms with van der Waals surface area (Å²) in [6.07, 6.45) is 1.02. The highest BCUT2D eigenvalue weighted by molar-refractivity contribution is 5.71. The number of ether oxygens (including phenoxy) is 3. The molecule has 1 aromatic rings. The van der Waals surface area contributed by atoms with E-state index in [9.17, 15) is 4.79 Å². The Hall–Kier alpha value is -1.53. The average molecular weight is 226 g/mol.